The van der Waals surface area contributed by atoms with Crippen LogP contribution in [0, 0.1) is 11.8 Å². The third-order valence-electron chi connectivity index (χ3n) is 3.87. The topological polar surface area (TPSA) is 29.1 Å². The van der Waals surface area contributed by atoms with E-state index < -0.39 is 0 Å². The van der Waals surface area contributed by atoms with Crippen molar-refractivity contribution in [1.82, 2.24) is 0 Å². The fourth-order valence-corrected chi connectivity index (χ4v) is 2.44. The van der Waals surface area contributed by atoms with Crippen LogP contribution in [-0.2, 0) is 6.42 Å². The lowest BCUT2D eigenvalue weighted by atomic mass is 10.1. The van der Waals surface area contributed by atoms with Gasteiger partial charge in [0.1, 0.15) is 0 Å². The molecule has 25 heavy (non-hydrogen) atoms. The maximum atomic E-state index is 12.4. The first-order valence-corrected chi connectivity index (χ1v) is 8.32. The van der Waals surface area contributed by atoms with E-state index in [0.717, 1.165) is 23.2 Å². The minimum absolute atomic E-state index is 0.115. The molecule has 0 atom stereocenters. The van der Waals surface area contributed by atoms with Crippen LogP contribution in [0.25, 0.3) is 0 Å². The fraction of sp³-hybridized carbons (Fsp3) is 0.0870. The second-order valence-electron chi connectivity index (χ2n) is 5.70. The summed E-state index contributed by atoms with van der Waals surface area (Å²) in [6.07, 6.45) is 0.943. The molecule has 0 heterocycles. The zero-order valence-corrected chi connectivity index (χ0v) is 14.1. The Morgan fingerprint density at radius 2 is 1.52 bits per heavy atom. The third kappa shape index (κ3) is 4.59. The highest BCUT2D eigenvalue weighted by Crippen LogP contribution is 2.13. The lowest BCUT2D eigenvalue weighted by Crippen LogP contribution is -2.11. The highest BCUT2D eigenvalue weighted by molar-refractivity contribution is 6.04. The SMILES string of the molecule is CCc1cccc(NC(=O)c2ccc(C#Cc3ccccc3)cc2)c1. The molecule has 0 aromatic heterocycles. The van der Waals surface area contributed by atoms with Gasteiger partial charge in [-0.25, -0.2) is 0 Å². The summed E-state index contributed by atoms with van der Waals surface area (Å²) in [6, 6.07) is 25.1. The van der Waals surface area contributed by atoms with Crippen LogP contribution in [0.4, 0.5) is 5.69 Å². The number of carbonyl (C=O) groups excluding carboxylic acids is 1. The molecule has 1 N–H and O–H groups in total. The van der Waals surface area contributed by atoms with Crippen LogP contribution < -0.4 is 5.32 Å². The van der Waals surface area contributed by atoms with Gasteiger partial charge < -0.3 is 5.32 Å². The van der Waals surface area contributed by atoms with E-state index in [1.807, 2.05) is 60.7 Å². The Hall–Kier alpha value is -3.31. The van der Waals surface area contributed by atoms with Crippen LogP contribution in [0.2, 0.25) is 0 Å². The van der Waals surface area contributed by atoms with Crippen molar-refractivity contribution < 1.29 is 4.79 Å². The monoisotopic (exact) mass is 325 g/mol. The maximum absolute atomic E-state index is 12.4. The molecule has 0 fully saturated rings. The molecule has 1 amide bonds. The smallest absolute Gasteiger partial charge is 0.255 e. The summed E-state index contributed by atoms with van der Waals surface area (Å²) in [7, 11) is 0. The average molecular weight is 325 g/mol. The minimum atomic E-state index is -0.115. The molecule has 2 nitrogen and oxygen atoms in total. The standard InChI is InChI=1S/C23H19NO/c1-2-18-9-6-10-22(17-18)24-23(25)21-15-13-20(14-16-21)12-11-19-7-4-3-5-8-19/h3-10,13-17H,2H2,1H3,(H,24,25). The van der Waals surface area contributed by atoms with Crippen LogP contribution in [0.1, 0.15) is 34.0 Å². The zero-order valence-electron chi connectivity index (χ0n) is 14.1. The summed E-state index contributed by atoms with van der Waals surface area (Å²) in [5, 5.41) is 2.94. The first-order valence-electron chi connectivity index (χ1n) is 8.32. The summed E-state index contributed by atoms with van der Waals surface area (Å²) in [6.45, 7) is 2.09. The normalized spacial score (nSPS) is 9.80. The first-order chi connectivity index (χ1) is 12.2. The summed E-state index contributed by atoms with van der Waals surface area (Å²) in [5.41, 5.74) is 4.49. The number of nitrogens with one attached hydrogen (secondary N) is 1. The minimum Gasteiger partial charge on any atom is -0.322 e. The van der Waals surface area contributed by atoms with Crippen molar-refractivity contribution in [2.75, 3.05) is 5.32 Å². The van der Waals surface area contributed by atoms with Crippen molar-refractivity contribution in [1.29, 1.82) is 0 Å². The van der Waals surface area contributed by atoms with Crippen LogP contribution >= 0.6 is 0 Å². The highest BCUT2D eigenvalue weighted by atomic mass is 16.1. The van der Waals surface area contributed by atoms with Crippen molar-refractivity contribution >= 4 is 11.6 Å². The van der Waals surface area contributed by atoms with Gasteiger partial charge in [-0.15, -0.1) is 0 Å². The van der Waals surface area contributed by atoms with E-state index in [9.17, 15) is 4.79 Å². The number of carbonyl (C=O) groups is 1. The lowest BCUT2D eigenvalue weighted by molar-refractivity contribution is 0.102. The van der Waals surface area contributed by atoms with Gasteiger partial charge in [0, 0.05) is 22.4 Å². The molecule has 0 saturated heterocycles. The zero-order chi connectivity index (χ0) is 17.5. The summed E-state index contributed by atoms with van der Waals surface area (Å²) < 4.78 is 0. The van der Waals surface area contributed by atoms with Crippen molar-refractivity contribution in [3.63, 3.8) is 0 Å². The second-order valence-corrected chi connectivity index (χ2v) is 5.70. The van der Waals surface area contributed by atoms with Gasteiger partial charge in [0.2, 0.25) is 0 Å². The van der Waals surface area contributed by atoms with Crippen LogP contribution in [0.5, 0.6) is 0 Å². The van der Waals surface area contributed by atoms with Crippen LogP contribution in [0.3, 0.4) is 0 Å². The number of aryl methyl sites for hydroxylation is 1. The Bertz CT molecular complexity index is 916. The van der Waals surface area contributed by atoms with E-state index >= 15 is 0 Å². The largest absolute Gasteiger partial charge is 0.322 e. The molecule has 0 bridgehead atoms. The van der Waals surface area contributed by atoms with E-state index in [4.69, 9.17) is 0 Å². The lowest BCUT2D eigenvalue weighted by Gasteiger charge is -2.07. The molecule has 3 aromatic carbocycles. The molecule has 3 aromatic rings. The van der Waals surface area contributed by atoms with Crippen molar-refractivity contribution in [3.05, 3.63) is 101 Å². The van der Waals surface area contributed by atoms with Gasteiger partial charge in [-0.05, 0) is 60.5 Å². The van der Waals surface area contributed by atoms with Gasteiger partial charge in [0.05, 0.1) is 0 Å². The molecular weight excluding hydrogens is 306 g/mol. The first kappa shape index (κ1) is 16.5. The van der Waals surface area contributed by atoms with Crippen LogP contribution in [-0.4, -0.2) is 5.91 Å². The predicted molar refractivity (Wildman–Crippen MR) is 103 cm³/mol. The number of hydrogen-bond donors (Lipinski definition) is 1. The Morgan fingerprint density at radius 1 is 0.840 bits per heavy atom. The van der Waals surface area contributed by atoms with E-state index in [1.54, 1.807) is 12.1 Å². The van der Waals surface area contributed by atoms with Gasteiger partial charge in [-0.2, -0.15) is 0 Å². The molecule has 0 aliphatic rings. The third-order valence-corrected chi connectivity index (χ3v) is 3.87. The fourth-order valence-electron chi connectivity index (χ4n) is 2.44. The van der Waals surface area contributed by atoms with Gasteiger partial charge in [-0.1, -0.05) is 49.1 Å². The van der Waals surface area contributed by atoms with E-state index in [0.29, 0.717) is 5.56 Å². The Balaban J connectivity index is 1.69. The molecule has 0 aliphatic heterocycles. The van der Waals surface area contributed by atoms with Crippen LogP contribution in [0.15, 0.2) is 78.9 Å². The number of anilines is 1. The van der Waals surface area contributed by atoms with Gasteiger partial charge in [-0.3, -0.25) is 4.79 Å². The molecule has 0 unspecified atom stereocenters. The Kier molecular flexibility index (Phi) is 5.29. The summed E-state index contributed by atoms with van der Waals surface area (Å²) >= 11 is 0. The quantitative estimate of drug-likeness (QED) is 0.682. The average Bonchev–Trinajstić information content (AvgIpc) is 2.67. The molecule has 0 radical (unpaired) electrons. The Morgan fingerprint density at radius 3 is 2.20 bits per heavy atom. The maximum Gasteiger partial charge on any atom is 0.255 e. The molecule has 0 saturated carbocycles. The van der Waals surface area contributed by atoms with Crippen molar-refractivity contribution in [2.24, 2.45) is 0 Å². The Labute approximate surface area is 148 Å². The number of amides is 1. The molecule has 2 heteroatoms. The molecule has 0 aliphatic carbocycles. The van der Waals surface area contributed by atoms with E-state index in [1.165, 1.54) is 5.56 Å². The molecule has 0 spiro atoms. The van der Waals surface area contributed by atoms with Gasteiger partial charge in [0.15, 0.2) is 0 Å². The predicted octanol–water partition coefficient (Wildman–Crippen LogP) is 4.90. The molecular formula is C23H19NO. The van der Waals surface area contributed by atoms with Crippen molar-refractivity contribution in [3.8, 4) is 11.8 Å². The number of hydrogen-bond acceptors (Lipinski definition) is 1. The molecule has 122 valence electrons. The second kappa shape index (κ2) is 7.99. The highest BCUT2D eigenvalue weighted by Gasteiger charge is 2.06. The summed E-state index contributed by atoms with van der Waals surface area (Å²) in [4.78, 5) is 12.4. The number of benzene rings is 3. The number of rotatable bonds is 3. The van der Waals surface area contributed by atoms with E-state index in [2.05, 4.69) is 30.1 Å². The van der Waals surface area contributed by atoms with Gasteiger partial charge in [0.25, 0.3) is 5.91 Å². The van der Waals surface area contributed by atoms with Gasteiger partial charge >= 0.3 is 0 Å². The van der Waals surface area contributed by atoms with Crippen molar-refractivity contribution in [2.45, 2.75) is 13.3 Å². The van der Waals surface area contributed by atoms with E-state index in [-0.39, 0.29) is 5.91 Å². The summed E-state index contributed by atoms with van der Waals surface area (Å²) in [5.74, 6) is 6.11. The molecule has 3 rings (SSSR count).